The van der Waals surface area contributed by atoms with E-state index < -0.39 is 11.1 Å². The third-order valence-electron chi connectivity index (χ3n) is 3.15. The molecule has 4 nitrogen and oxygen atoms in total. The van der Waals surface area contributed by atoms with Crippen LogP contribution in [0.2, 0.25) is 0 Å². The van der Waals surface area contributed by atoms with Crippen molar-refractivity contribution >= 4 is 5.91 Å². The first kappa shape index (κ1) is 12.5. The molecule has 0 aromatic carbocycles. The zero-order valence-corrected chi connectivity index (χ0v) is 9.68. The van der Waals surface area contributed by atoms with Crippen LogP contribution in [-0.4, -0.2) is 28.7 Å². The molecular weight excluding hydrogens is 192 g/mol. The van der Waals surface area contributed by atoms with Crippen LogP contribution < -0.4 is 11.1 Å². The molecule has 0 radical (unpaired) electrons. The van der Waals surface area contributed by atoms with Gasteiger partial charge in [-0.25, -0.2) is 0 Å². The average Bonchev–Trinajstić information content (AvgIpc) is 2.11. The number of aliphatic hydroxyl groups is 1. The van der Waals surface area contributed by atoms with Crippen LogP contribution in [-0.2, 0) is 4.79 Å². The van der Waals surface area contributed by atoms with E-state index in [0.717, 1.165) is 25.7 Å². The van der Waals surface area contributed by atoms with Gasteiger partial charge in [-0.1, -0.05) is 13.3 Å². The Morgan fingerprint density at radius 1 is 1.60 bits per heavy atom. The van der Waals surface area contributed by atoms with Gasteiger partial charge in [-0.05, 0) is 32.6 Å². The first-order valence-electron chi connectivity index (χ1n) is 5.69. The molecule has 88 valence electrons. The molecule has 1 saturated carbocycles. The smallest absolute Gasteiger partial charge is 0.239 e. The molecule has 0 bridgehead atoms. The molecule has 15 heavy (non-hydrogen) atoms. The minimum Gasteiger partial charge on any atom is -0.388 e. The molecule has 1 unspecified atom stereocenters. The van der Waals surface area contributed by atoms with Crippen molar-refractivity contribution in [3.8, 4) is 0 Å². The third-order valence-corrected chi connectivity index (χ3v) is 3.15. The standard InChI is InChI=1S/C11H22N2O2/c1-3-5-10(2,12)9(14)13-8-11(15)6-4-7-11/h15H,3-8,12H2,1-2H3,(H,13,14). The van der Waals surface area contributed by atoms with Gasteiger partial charge in [-0.2, -0.15) is 0 Å². The lowest BCUT2D eigenvalue weighted by molar-refractivity contribution is -0.128. The molecule has 0 spiro atoms. The lowest BCUT2D eigenvalue weighted by Crippen LogP contribution is -2.56. The molecule has 1 aliphatic rings. The summed E-state index contributed by atoms with van der Waals surface area (Å²) in [5, 5.41) is 12.5. The first-order valence-corrected chi connectivity index (χ1v) is 5.69. The summed E-state index contributed by atoms with van der Waals surface area (Å²) < 4.78 is 0. The van der Waals surface area contributed by atoms with Gasteiger partial charge in [0.15, 0.2) is 0 Å². The van der Waals surface area contributed by atoms with Gasteiger partial charge in [0.25, 0.3) is 0 Å². The number of hydrogen-bond donors (Lipinski definition) is 3. The van der Waals surface area contributed by atoms with Crippen molar-refractivity contribution in [1.29, 1.82) is 0 Å². The highest BCUT2D eigenvalue weighted by atomic mass is 16.3. The van der Waals surface area contributed by atoms with E-state index >= 15 is 0 Å². The fourth-order valence-electron chi connectivity index (χ4n) is 1.84. The summed E-state index contributed by atoms with van der Waals surface area (Å²) in [6, 6.07) is 0. The van der Waals surface area contributed by atoms with Gasteiger partial charge in [0.05, 0.1) is 11.1 Å². The molecule has 1 rings (SSSR count). The summed E-state index contributed by atoms with van der Waals surface area (Å²) >= 11 is 0. The topological polar surface area (TPSA) is 75.4 Å². The lowest BCUT2D eigenvalue weighted by Gasteiger charge is -2.37. The molecule has 1 aliphatic carbocycles. The maximum absolute atomic E-state index is 11.7. The van der Waals surface area contributed by atoms with Crippen molar-refractivity contribution in [1.82, 2.24) is 5.32 Å². The van der Waals surface area contributed by atoms with E-state index in [2.05, 4.69) is 5.32 Å². The van der Waals surface area contributed by atoms with E-state index in [1.165, 1.54) is 0 Å². The van der Waals surface area contributed by atoms with E-state index in [-0.39, 0.29) is 5.91 Å². The molecule has 4 heteroatoms. The molecule has 1 atom stereocenters. The van der Waals surface area contributed by atoms with Gasteiger partial charge in [0, 0.05) is 6.54 Å². The summed E-state index contributed by atoms with van der Waals surface area (Å²) in [5.41, 5.74) is 4.39. The number of carbonyl (C=O) groups excluding carboxylic acids is 1. The Morgan fingerprint density at radius 2 is 2.20 bits per heavy atom. The van der Waals surface area contributed by atoms with Crippen LogP contribution >= 0.6 is 0 Å². The predicted molar refractivity (Wildman–Crippen MR) is 59.3 cm³/mol. The van der Waals surface area contributed by atoms with E-state index in [1.807, 2.05) is 6.92 Å². The first-order chi connectivity index (χ1) is 6.90. The largest absolute Gasteiger partial charge is 0.388 e. The van der Waals surface area contributed by atoms with Gasteiger partial charge < -0.3 is 16.2 Å². The number of hydrogen-bond acceptors (Lipinski definition) is 3. The normalized spacial score (nSPS) is 22.7. The van der Waals surface area contributed by atoms with E-state index in [9.17, 15) is 9.90 Å². The molecule has 0 aromatic heterocycles. The molecule has 4 N–H and O–H groups in total. The van der Waals surface area contributed by atoms with E-state index in [1.54, 1.807) is 6.92 Å². The second-order valence-electron chi connectivity index (χ2n) is 4.93. The zero-order chi connectivity index (χ0) is 11.5. The number of amides is 1. The molecule has 0 heterocycles. The number of rotatable bonds is 5. The fourth-order valence-corrected chi connectivity index (χ4v) is 1.84. The highest BCUT2D eigenvalue weighted by molar-refractivity contribution is 5.85. The Labute approximate surface area is 91.2 Å². The van der Waals surface area contributed by atoms with Crippen LogP contribution in [0.1, 0.15) is 46.0 Å². The molecular formula is C11H22N2O2. The molecule has 0 aliphatic heterocycles. The average molecular weight is 214 g/mol. The maximum atomic E-state index is 11.7. The monoisotopic (exact) mass is 214 g/mol. The highest BCUT2D eigenvalue weighted by Gasteiger charge is 2.36. The minimum absolute atomic E-state index is 0.162. The Morgan fingerprint density at radius 3 is 2.60 bits per heavy atom. The molecule has 0 saturated heterocycles. The van der Waals surface area contributed by atoms with Crippen LogP contribution in [0.3, 0.4) is 0 Å². The Hall–Kier alpha value is -0.610. The van der Waals surface area contributed by atoms with Gasteiger partial charge in [0.1, 0.15) is 0 Å². The third kappa shape index (κ3) is 3.18. The summed E-state index contributed by atoms with van der Waals surface area (Å²) in [6.07, 6.45) is 4.15. The Bertz CT molecular complexity index is 235. The summed E-state index contributed by atoms with van der Waals surface area (Å²) in [7, 11) is 0. The van der Waals surface area contributed by atoms with Gasteiger partial charge >= 0.3 is 0 Å². The van der Waals surface area contributed by atoms with Crippen LogP contribution in [0.25, 0.3) is 0 Å². The van der Waals surface area contributed by atoms with Gasteiger partial charge in [-0.3, -0.25) is 4.79 Å². The van der Waals surface area contributed by atoms with Gasteiger partial charge in [-0.15, -0.1) is 0 Å². The molecule has 0 aromatic rings. The zero-order valence-electron chi connectivity index (χ0n) is 9.68. The van der Waals surface area contributed by atoms with Gasteiger partial charge in [0.2, 0.25) is 5.91 Å². The Kier molecular flexibility index (Phi) is 3.73. The summed E-state index contributed by atoms with van der Waals surface area (Å²) in [6.45, 7) is 4.07. The van der Waals surface area contributed by atoms with Crippen LogP contribution in [0, 0.1) is 0 Å². The van der Waals surface area contributed by atoms with Crippen molar-refractivity contribution in [2.75, 3.05) is 6.54 Å². The predicted octanol–water partition coefficient (Wildman–Crippen LogP) is 0.535. The second kappa shape index (κ2) is 4.49. The van der Waals surface area contributed by atoms with Crippen molar-refractivity contribution in [3.63, 3.8) is 0 Å². The highest BCUT2D eigenvalue weighted by Crippen LogP contribution is 2.30. The van der Waals surface area contributed by atoms with Crippen molar-refractivity contribution in [2.24, 2.45) is 5.73 Å². The van der Waals surface area contributed by atoms with Crippen molar-refractivity contribution in [2.45, 2.75) is 57.1 Å². The van der Waals surface area contributed by atoms with Crippen molar-refractivity contribution < 1.29 is 9.90 Å². The fraction of sp³-hybridized carbons (Fsp3) is 0.909. The minimum atomic E-state index is -0.811. The number of nitrogens with one attached hydrogen (secondary N) is 1. The lowest BCUT2D eigenvalue weighted by atomic mass is 9.80. The van der Waals surface area contributed by atoms with Crippen LogP contribution in [0.4, 0.5) is 0 Å². The van der Waals surface area contributed by atoms with E-state index in [4.69, 9.17) is 5.73 Å². The summed E-state index contributed by atoms with van der Waals surface area (Å²) in [4.78, 5) is 11.7. The second-order valence-corrected chi connectivity index (χ2v) is 4.93. The van der Waals surface area contributed by atoms with Crippen LogP contribution in [0.5, 0.6) is 0 Å². The molecule has 1 fully saturated rings. The van der Waals surface area contributed by atoms with Crippen molar-refractivity contribution in [3.05, 3.63) is 0 Å². The molecule has 1 amide bonds. The number of nitrogens with two attached hydrogens (primary N) is 1. The SMILES string of the molecule is CCCC(C)(N)C(=O)NCC1(O)CCC1. The Balaban J connectivity index is 2.34. The van der Waals surface area contributed by atoms with E-state index in [0.29, 0.717) is 13.0 Å². The maximum Gasteiger partial charge on any atom is 0.239 e. The summed E-state index contributed by atoms with van der Waals surface area (Å²) in [5.74, 6) is -0.162. The quantitative estimate of drug-likeness (QED) is 0.625. The number of carbonyl (C=O) groups is 1. The van der Waals surface area contributed by atoms with Crippen LogP contribution in [0.15, 0.2) is 0 Å².